The molecule has 2 aromatic rings. The van der Waals surface area contributed by atoms with Gasteiger partial charge in [-0.3, -0.25) is 9.71 Å². The number of nitrogen functional groups attached to an aromatic ring is 1. The molecule has 0 aliphatic heterocycles. The number of hydrogen-bond donors (Lipinski definition) is 3. The van der Waals surface area contributed by atoms with Gasteiger partial charge in [0.05, 0.1) is 17.4 Å². The maximum absolute atomic E-state index is 12.1. The van der Waals surface area contributed by atoms with Crippen LogP contribution in [-0.2, 0) is 10.0 Å². The van der Waals surface area contributed by atoms with Crippen molar-refractivity contribution in [1.82, 2.24) is 9.97 Å². The Balaban J connectivity index is 2.37. The monoisotopic (exact) mass is 294 g/mol. The number of carbonyl (C=O) groups is 1. The fraction of sp³-hybridized carbons (Fsp3) is 0. The minimum Gasteiger partial charge on any atom is -0.478 e. The Labute approximate surface area is 114 Å². The number of nitrogens with zero attached hydrogens (tertiary/aromatic N) is 2. The van der Waals surface area contributed by atoms with Gasteiger partial charge in [-0.05, 0) is 18.2 Å². The fourth-order valence-electron chi connectivity index (χ4n) is 1.47. The van der Waals surface area contributed by atoms with Crippen LogP contribution in [0.4, 0.5) is 11.5 Å². The zero-order valence-corrected chi connectivity index (χ0v) is 10.8. The van der Waals surface area contributed by atoms with Crippen LogP contribution in [0, 0.1) is 0 Å². The molecule has 0 spiro atoms. The van der Waals surface area contributed by atoms with E-state index in [2.05, 4.69) is 14.7 Å². The molecule has 1 aromatic carbocycles. The van der Waals surface area contributed by atoms with Gasteiger partial charge in [0.15, 0.2) is 5.82 Å². The maximum atomic E-state index is 12.1. The lowest BCUT2D eigenvalue weighted by atomic mass is 10.2. The van der Waals surface area contributed by atoms with E-state index in [1.807, 2.05) is 0 Å². The third kappa shape index (κ3) is 2.83. The fourth-order valence-corrected chi connectivity index (χ4v) is 2.58. The first kappa shape index (κ1) is 13.7. The van der Waals surface area contributed by atoms with E-state index in [-0.39, 0.29) is 22.0 Å². The number of sulfonamides is 1. The second-order valence-electron chi connectivity index (χ2n) is 3.75. The van der Waals surface area contributed by atoms with Crippen molar-refractivity contribution in [3.8, 4) is 0 Å². The maximum Gasteiger partial charge on any atom is 0.335 e. The first-order chi connectivity index (χ1) is 9.40. The summed E-state index contributed by atoms with van der Waals surface area (Å²) >= 11 is 0. The number of nitrogens with one attached hydrogen (secondary N) is 1. The summed E-state index contributed by atoms with van der Waals surface area (Å²) in [5, 5.41) is 8.80. The molecule has 1 aromatic heterocycles. The summed E-state index contributed by atoms with van der Waals surface area (Å²) < 4.78 is 26.4. The van der Waals surface area contributed by atoms with Crippen molar-refractivity contribution in [3.63, 3.8) is 0 Å². The molecule has 0 saturated carbocycles. The molecule has 0 bridgehead atoms. The van der Waals surface area contributed by atoms with Crippen LogP contribution in [0.5, 0.6) is 0 Å². The molecule has 9 heteroatoms. The number of rotatable bonds is 4. The van der Waals surface area contributed by atoms with Crippen molar-refractivity contribution < 1.29 is 18.3 Å². The standard InChI is InChI=1S/C11H10N4O4S/c12-8-5-7(11(16)17)1-2-9(8)20(18,19)15-10-6-13-3-4-14-10/h1-6H,12H2,(H,14,15)(H,16,17). The normalized spacial score (nSPS) is 11.0. The summed E-state index contributed by atoms with van der Waals surface area (Å²) in [6.07, 6.45) is 3.96. The molecule has 0 fully saturated rings. The van der Waals surface area contributed by atoms with Gasteiger partial charge in [0.25, 0.3) is 10.0 Å². The minimum absolute atomic E-state index is 0.0363. The number of carboxylic acids is 1. The summed E-state index contributed by atoms with van der Waals surface area (Å²) in [6.45, 7) is 0. The summed E-state index contributed by atoms with van der Waals surface area (Å²) in [7, 11) is -3.96. The van der Waals surface area contributed by atoms with Crippen LogP contribution >= 0.6 is 0 Å². The molecule has 0 unspecified atom stereocenters. The van der Waals surface area contributed by atoms with Crippen LogP contribution in [0.2, 0.25) is 0 Å². The van der Waals surface area contributed by atoms with Crippen LogP contribution in [-0.4, -0.2) is 29.5 Å². The number of aromatic carboxylic acids is 1. The zero-order valence-electron chi connectivity index (χ0n) is 10.0. The first-order valence-corrected chi connectivity index (χ1v) is 6.80. The van der Waals surface area contributed by atoms with E-state index in [1.54, 1.807) is 0 Å². The highest BCUT2D eigenvalue weighted by atomic mass is 32.2. The molecule has 0 aliphatic carbocycles. The van der Waals surface area contributed by atoms with E-state index < -0.39 is 16.0 Å². The third-order valence-corrected chi connectivity index (χ3v) is 3.78. The van der Waals surface area contributed by atoms with Crippen LogP contribution in [0.1, 0.15) is 10.4 Å². The summed E-state index contributed by atoms with van der Waals surface area (Å²) in [4.78, 5) is 18.0. The highest BCUT2D eigenvalue weighted by Crippen LogP contribution is 2.21. The van der Waals surface area contributed by atoms with Crippen molar-refractivity contribution in [2.45, 2.75) is 4.90 Å². The summed E-state index contributed by atoms with van der Waals surface area (Å²) in [5.74, 6) is -1.16. The number of benzene rings is 1. The Morgan fingerprint density at radius 3 is 2.60 bits per heavy atom. The lowest BCUT2D eigenvalue weighted by Crippen LogP contribution is -2.16. The van der Waals surface area contributed by atoms with Gasteiger partial charge in [0, 0.05) is 12.4 Å². The molecule has 104 valence electrons. The van der Waals surface area contributed by atoms with Crippen LogP contribution in [0.15, 0.2) is 41.7 Å². The van der Waals surface area contributed by atoms with Crippen LogP contribution in [0.3, 0.4) is 0 Å². The van der Waals surface area contributed by atoms with Gasteiger partial charge in [0.2, 0.25) is 0 Å². The molecular formula is C11H10N4O4S. The second kappa shape index (κ2) is 5.13. The van der Waals surface area contributed by atoms with Crippen molar-refractivity contribution in [3.05, 3.63) is 42.4 Å². The Kier molecular flexibility index (Phi) is 3.53. The van der Waals surface area contributed by atoms with Gasteiger partial charge in [0.1, 0.15) is 4.90 Å². The lowest BCUT2D eigenvalue weighted by molar-refractivity contribution is 0.0697. The minimum atomic E-state index is -3.96. The molecular weight excluding hydrogens is 284 g/mol. The molecule has 0 atom stereocenters. The number of anilines is 2. The molecule has 1 heterocycles. The first-order valence-electron chi connectivity index (χ1n) is 5.32. The Morgan fingerprint density at radius 1 is 1.30 bits per heavy atom. The Bertz CT molecular complexity index is 746. The SMILES string of the molecule is Nc1cc(C(=O)O)ccc1S(=O)(=O)Nc1cnccn1. The molecule has 0 aliphatic rings. The van der Waals surface area contributed by atoms with E-state index in [0.29, 0.717) is 0 Å². The van der Waals surface area contributed by atoms with Gasteiger partial charge >= 0.3 is 5.97 Å². The average molecular weight is 294 g/mol. The molecule has 2 rings (SSSR count). The van der Waals surface area contributed by atoms with Crippen LogP contribution in [0.25, 0.3) is 0 Å². The number of aromatic nitrogens is 2. The highest BCUT2D eigenvalue weighted by molar-refractivity contribution is 7.92. The topological polar surface area (TPSA) is 135 Å². The van der Waals surface area contributed by atoms with Crippen LogP contribution < -0.4 is 10.5 Å². The van der Waals surface area contributed by atoms with E-state index >= 15 is 0 Å². The highest BCUT2D eigenvalue weighted by Gasteiger charge is 2.19. The van der Waals surface area contributed by atoms with Gasteiger partial charge in [-0.25, -0.2) is 18.2 Å². The van der Waals surface area contributed by atoms with Crippen molar-refractivity contribution in [2.75, 3.05) is 10.5 Å². The Hall–Kier alpha value is -2.68. The number of carboxylic acid groups (broad SMARTS) is 1. The van der Waals surface area contributed by atoms with E-state index in [4.69, 9.17) is 10.8 Å². The predicted octanol–water partition coefficient (Wildman–Crippen LogP) is 0.558. The molecule has 0 saturated heterocycles. The van der Waals surface area contributed by atoms with Gasteiger partial charge in [-0.15, -0.1) is 0 Å². The second-order valence-corrected chi connectivity index (χ2v) is 5.40. The van der Waals surface area contributed by atoms with Gasteiger partial charge in [-0.2, -0.15) is 0 Å². The van der Waals surface area contributed by atoms with E-state index in [1.165, 1.54) is 18.6 Å². The van der Waals surface area contributed by atoms with Crippen molar-refractivity contribution in [1.29, 1.82) is 0 Å². The molecule has 8 nitrogen and oxygen atoms in total. The summed E-state index contributed by atoms with van der Waals surface area (Å²) in [5.41, 5.74) is 5.32. The van der Waals surface area contributed by atoms with Crippen molar-refractivity contribution in [2.24, 2.45) is 0 Å². The number of nitrogens with two attached hydrogens (primary N) is 1. The van der Waals surface area contributed by atoms with E-state index in [9.17, 15) is 13.2 Å². The average Bonchev–Trinajstić information content (AvgIpc) is 2.38. The molecule has 0 amide bonds. The third-order valence-electron chi connectivity index (χ3n) is 2.35. The largest absolute Gasteiger partial charge is 0.478 e. The zero-order chi connectivity index (χ0) is 14.8. The van der Waals surface area contributed by atoms with E-state index in [0.717, 1.165) is 18.2 Å². The van der Waals surface area contributed by atoms with Crippen molar-refractivity contribution >= 4 is 27.5 Å². The molecule has 4 N–H and O–H groups in total. The molecule has 0 radical (unpaired) electrons. The number of hydrogen-bond acceptors (Lipinski definition) is 6. The predicted molar refractivity (Wildman–Crippen MR) is 70.7 cm³/mol. The quantitative estimate of drug-likeness (QED) is 0.701. The van der Waals surface area contributed by atoms with Gasteiger partial charge in [-0.1, -0.05) is 0 Å². The smallest absolute Gasteiger partial charge is 0.335 e. The Morgan fingerprint density at radius 2 is 2.05 bits per heavy atom. The lowest BCUT2D eigenvalue weighted by Gasteiger charge is -2.09. The van der Waals surface area contributed by atoms with Gasteiger partial charge < -0.3 is 10.8 Å². The molecule has 20 heavy (non-hydrogen) atoms. The summed E-state index contributed by atoms with van der Waals surface area (Å²) in [6, 6.07) is 3.36.